The number of hydrogen-bond acceptors (Lipinski definition) is 6. The van der Waals surface area contributed by atoms with Crippen LogP contribution < -0.4 is 20.7 Å². The van der Waals surface area contributed by atoms with E-state index in [0.717, 1.165) is 6.07 Å². The summed E-state index contributed by atoms with van der Waals surface area (Å²) in [4.78, 5) is 65.9. The normalized spacial score (nSPS) is 25.4. The lowest BCUT2D eigenvalue weighted by atomic mass is 9.94. The van der Waals surface area contributed by atoms with E-state index in [-0.39, 0.29) is 41.9 Å². The van der Waals surface area contributed by atoms with Crippen LogP contribution in [-0.2, 0) is 24.0 Å². The lowest BCUT2D eigenvalue weighted by molar-refractivity contribution is -0.175. The van der Waals surface area contributed by atoms with Gasteiger partial charge in [-0.2, -0.15) is 13.2 Å². The summed E-state index contributed by atoms with van der Waals surface area (Å²) >= 11 is 0. The molecular formula is C29H36F4N4O6. The number of ether oxygens (including phenoxy) is 1. The molecule has 1 aliphatic carbocycles. The fourth-order valence-electron chi connectivity index (χ4n) is 6.22. The smallest absolute Gasteiger partial charge is 0.471 e. The number of fused-ring (bicyclic) bond motifs is 1. The fraction of sp³-hybridized carbons (Fsp3) is 0.621. The summed E-state index contributed by atoms with van der Waals surface area (Å²) in [6.45, 7) is 6.64. The third kappa shape index (κ3) is 6.77. The number of hydrogen-bond donors (Lipinski definition) is 3. The zero-order valence-corrected chi connectivity index (χ0v) is 24.3. The van der Waals surface area contributed by atoms with Crippen LogP contribution in [0, 0.1) is 34.9 Å². The van der Waals surface area contributed by atoms with Crippen LogP contribution in [0.15, 0.2) is 24.3 Å². The van der Waals surface area contributed by atoms with Crippen molar-refractivity contribution in [2.24, 2.45) is 29.1 Å². The van der Waals surface area contributed by atoms with Gasteiger partial charge in [-0.25, -0.2) is 4.39 Å². The van der Waals surface area contributed by atoms with Gasteiger partial charge in [-0.3, -0.25) is 24.0 Å². The SMILES string of the molecule is CC(C)[C@H](NC(=O)C(F)(F)F)C(=O)N1C[C@H]2[C@@H]([C@H]1C(=O)N[C@@H](C[C@@H]1CCNC1=O)C(=O)COc1ccccc1F)C2(C)C. The largest absolute Gasteiger partial charge is 0.483 e. The minimum absolute atomic E-state index is 0.0640. The Labute approximate surface area is 246 Å². The second kappa shape index (κ2) is 12.1. The van der Waals surface area contributed by atoms with E-state index in [1.165, 1.54) is 36.9 Å². The second-order valence-electron chi connectivity index (χ2n) is 12.3. The van der Waals surface area contributed by atoms with Crippen LogP contribution in [0.4, 0.5) is 17.6 Å². The topological polar surface area (TPSA) is 134 Å². The van der Waals surface area contributed by atoms with Gasteiger partial charge in [0.15, 0.2) is 17.3 Å². The van der Waals surface area contributed by atoms with E-state index in [1.807, 2.05) is 13.8 Å². The molecule has 10 nitrogen and oxygen atoms in total. The summed E-state index contributed by atoms with van der Waals surface area (Å²) in [6.07, 6.45) is -4.84. The number of amides is 4. The highest BCUT2D eigenvalue weighted by Gasteiger charge is 2.69. The number of benzene rings is 1. The van der Waals surface area contributed by atoms with Crippen molar-refractivity contribution in [3.05, 3.63) is 30.1 Å². The first-order valence-electron chi connectivity index (χ1n) is 14.2. The fourth-order valence-corrected chi connectivity index (χ4v) is 6.22. The van der Waals surface area contributed by atoms with Gasteiger partial charge < -0.3 is 25.6 Å². The Morgan fingerprint density at radius 3 is 2.40 bits per heavy atom. The van der Waals surface area contributed by atoms with Crippen LogP contribution in [0.25, 0.3) is 0 Å². The molecule has 4 amide bonds. The number of rotatable bonds is 11. The van der Waals surface area contributed by atoms with E-state index in [0.29, 0.717) is 13.0 Å². The Morgan fingerprint density at radius 1 is 1.14 bits per heavy atom. The number of likely N-dealkylation sites (tertiary alicyclic amines) is 1. The first-order valence-corrected chi connectivity index (χ1v) is 14.2. The van der Waals surface area contributed by atoms with E-state index in [9.17, 15) is 41.5 Å². The number of para-hydroxylation sites is 1. The molecule has 2 saturated heterocycles. The van der Waals surface area contributed by atoms with Gasteiger partial charge in [0.2, 0.25) is 17.7 Å². The highest BCUT2D eigenvalue weighted by molar-refractivity contribution is 5.97. The maximum atomic E-state index is 14.1. The number of nitrogens with zero attached hydrogens (tertiary/aromatic N) is 1. The molecule has 43 heavy (non-hydrogen) atoms. The average Bonchev–Trinajstić information content (AvgIpc) is 3.26. The first-order chi connectivity index (χ1) is 20.0. The minimum atomic E-state index is -5.20. The van der Waals surface area contributed by atoms with Gasteiger partial charge in [-0.1, -0.05) is 39.8 Å². The van der Waals surface area contributed by atoms with Crippen LogP contribution in [-0.4, -0.2) is 78.3 Å². The molecule has 0 aromatic heterocycles. The molecule has 1 aromatic rings. The molecule has 3 aliphatic rings. The van der Waals surface area contributed by atoms with Crippen molar-refractivity contribution in [3.63, 3.8) is 0 Å². The number of piperidine rings is 1. The molecule has 1 saturated carbocycles. The Morgan fingerprint density at radius 2 is 1.81 bits per heavy atom. The molecule has 4 rings (SSSR count). The van der Waals surface area contributed by atoms with Crippen molar-refractivity contribution in [3.8, 4) is 5.75 Å². The van der Waals surface area contributed by atoms with Crippen molar-refractivity contribution in [2.75, 3.05) is 19.7 Å². The molecule has 0 spiro atoms. The summed E-state index contributed by atoms with van der Waals surface area (Å²) in [5.41, 5.74) is -0.361. The third-order valence-corrected chi connectivity index (χ3v) is 8.83. The number of carbonyl (C=O) groups excluding carboxylic acids is 5. The molecule has 3 fully saturated rings. The van der Waals surface area contributed by atoms with Crippen LogP contribution >= 0.6 is 0 Å². The molecule has 6 atom stereocenters. The molecule has 1 aromatic carbocycles. The number of halogens is 4. The molecule has 0 unspecified atom stereocenters. The van der Waals surface area contributed by atoms with Crippen molar-refractivity contribution in [1.29, 1.82) is 0 Å². The standard InChI is InChI=1S/C29H36F4N4O6/c1-14(2)22(36-27(42)29(31,32)33)26(41)37-12-16-21(28(16,3)4)23(37)25(40)35-18(11-15-9-10-34-24(15)39)19(38)13-43-20-8-6-5-7-17(20)30/h5-8,14-16,18,21-23H,9-13H2,1-4H3,(H,34,39)(H,35,40)(H,36,42)/t15-,16-,18-,21-,22-,23-/m0/s1. The number of ketones is 1. The quantitative estimate of drug-likeness (QED) is 0.328. The number of nitrogens with one attached hydrogen (secondary N) is 3. The molecule has 2 heterocycles. The van der Waals surface area contributed by atoms with Gasteiger partial charge in [0, 0.05) is 19.0 Å². The molecule has 236 valence electrons. The van der Waals surface area contributed by atoms with Crippen molar-refractivity contribution in [1.82, 2.24) is 20.9 Å². The van der Waals surface area contributed by atoms with Crippen molar-refractivity contribution in [2.45, 2.75) is 64.8 Å². The summed E-state index contributed by atoms with van der Waals surface area (Å²) < 4.78 is 58.4. The van der Waals surface area contributed by atoms with Crippen LogP contribution in [0.3, 0.4) is 0 Å². The van der Waals surface area contributed by atoms with E-state index in [4.69, 9.17) is 4.74 Å². The number of alkyl halides is 3. The Balaban J connectivity index is 1.55. The predicted octanol–water partition coefficient (Wildman–Crippen LogP) is 1.97. The van der Waals surface area contributed by atoms with E-state index in [1.54, 1.807) is 5.32 Å². The van der Waals surface area contributed by atoms with E-state index in [2.05, 4.69) is 10.6 Å². The molecule has 0 bridgehead atoms. The minimum Gasteiger partial charge on any atom is -0.483 e. The van der Waals surface area contributed by atoms with Gasteiger partial charge in [-0.15, -0.1) is 0 Å². The highest BCUT2D eigenvalue weighted by Crippen LogP contribution is 2.65. The van der Waals surface area contributed by atoms with Gasteiger partial charge >= 0.3 is 12.1 Å². The third-order valence-electron chi connectivity index (χ3n) is 8.83. The van der Waals surface area contributed by atoms with Crippen LogP contribution in [0.2, 0.25) is 0 Å². The molecule has 2 aliphatic heterocycles. The lowest BCUT2D eigenvalue weighted by Crippen LogP contribution is -2.59. The molecule has 0 radical (unpaired) electrons. The van der Waals surface area contributed by atoms with E-state index >= 15 is 0 Å². The Kier molecular flexibility index (Phi) is 9.08. The van der Waals surface area contributed by atoms with Gasteiger partial charge in [0.25, 0.3) is 0 Å². The zero-order chi connectivity index (χ0) is 31.9. The number of Topliss-reactive ketones (excluding diaryl/α,β-unsaturated/α-hetero) is 1. The monoisotopic (exact) mass is 612 g/mol. The predicted molar refractivity (Wildman–Crippen MR) is 144 cm³/mol. The lowest BCUT2D eigenvalue weighted by Gasteiger charge is -2.35. The van der Waals surface area contributed by atoms with E-state index < -0.39 is 72.1 Å². The van der Waals surface area contributed by atoms with Crippen molar-refractivity contribution < 1.29 is 46.3 Å². The average molecular weight is 613 g/mol. The van der Waals surface area contributed by atoms with Crippen LogP contribution in [0.1, 0.15) is 40.5 Å². The maximum absolute atomic E-state index is 14.1. The Hall–Kier alpha value is -3.71. The maximum Gasteiger partial charge on any atom is 0.471 e. The zero-order valence-electron chi connectivity index (χ0n) is 24.3. The summed E-state index contributed by atoms with van der Waals surface area (Å²) in [7, 11) is 0. The summed E-state index contributed by atoms with van der Waals surface area (Å²) in [6, 6.07) is 1.56. The summed E-state index contributed by atoms with van der Waals surface area (Å²) in [5, 5.41) is 7.10. The first kappa shape index (κ1) is 32.2. The van der Waals surface area contributed by atoms with Crippen molar-refractivity contribution >= 4 is 29.4 Å². The second-order valence-corrected chi connectivity index (χ2v) is 12.3. The molecular weight excluding hydrogens is 576 g/mol. The van der Waals surface area contributed by atoms with Gasteiger partial charge in [0.1, 0.15) is 18.7 Å². The molecule has 14 heteroatoms. The summed E-state index contributed by atoms with van der Waals surface area (Å²) in [5.74, 6) is -7.37. The van der Waals surface area contributed by atoms with Gasteiger partial charge in [-0.05, 0) is 48.1 Å². The van der Waals surface area contributed by atoms with Gasteiger partial charge in [0.05, 0.1) is 6.04 Å². The number of carbonyl (C=O) groups is 5. The van der Waals surface area contributed by atoms with Crippen LogP contribution in [0.5, 0.6) is 5.75 Å². The molecule has 3 N–H and O–H groups in total. The Bertz CT molecular complexity index is 1290. The highest BCUT2D eigenvalue weighted by atomic mass is 19.4.